The van der Waals surface area contributed by atoms with Crippen molar-refractivity contribution in [3.8, 4) is 0 Å². The van der Waals surface area contributed by atoms with Crippen LogP contribution < -0.4 is 5.73 Å². The molecule has 0 aliphatic heterocycles. The third-order valence-corrected chi connectivity index (χ3v) is 7.26. The second kappa shape index (κ2) is 10.8. The Kier molecular flexibility index (Phi) is 8.83. The van der Waals surface area contributed by atoms with Crippen molar-refractivity contribution >= 4 is 37.6 Å². The van der Waals surface area contributed by atoms with Crippen molar-refractivity contribution in [1.82, 2.24) is 4.31 Å². The molecular weight excluding hydrogens is 476 g/mol. The number of hydrogen-bond acceptors (Lipinski definition) is 6. The zero-order valence-corrected chi connectivity index (χ0v) is 20.5. The van der Waals surface area contributed by atoms with Gasteiger partial charge in [-0.3, -0.25) is 8.98 Å². The van der Waals surface area contributed by atoms with Crippen molar-refractivity contribution < 1.29 is 25.8 Å². The van der Waals surface area contributed by atoms with E-state index in [0.29, 0.717) is 16.1 Å². The minimum Gasteiger partial charge on any atom is -0.368 e. The van der Waals surface area contributed by atoms with Crippen LogP contribution in [-0.4, -0.2) is 39.3 Å². The van der Waals surface area contributed by atoms with Crippen LogP contribution in [0.15, 0.2) is 53.4 Å². The molecule has 2 aromatic rings. The van der Waals surface area contributed by atoms with Gasteiger partial charge in [0.1, 0.15) is 6.04 Å². The lowest BCUT2D eigenvalue weighted by molar-refractivity contribution is -0.122. The van der Waals surface area contributed by atoms with Gasteiger partial charge in [0.2, 0.25) is 15.9 Å². The molecule has 0 radical (unpaired) electrons. The predicted octanol–water partition coefficient (Wildman–Crippen LogP) is 2.91. The molecule has 2 N–H and O–H groups in total. The van der Waals surface area contributed by atoms with Gasteiger partial charge < -0.3 is 5.73 Å². The van der Waals surface area contributed by atoms with Gasteiger partial charge in [0.15, 0.2) is 0 Å². The minimum absolute atomic E-state index is 0.00456. The lowest BCUT2D eigenvalue weighted by Crippen LogP contribution is -2.48. The first-order valence-corrected chi connectivity index (χ1v) is 13.4. The van der Waals surface area contributed by atoms with E-state index in [1.54, 1.807) is 24.3 Å². The molecule has 32 heavy (non-hydrogen) atoms. The smallest absolute Gasteiger partial charge is 0.264 e. The molecule has 0 aliphatic carbocycles. The van der Waals surface area contributed by atoms with Crippen molar-refractivity contribution in [1.29, 1.82) is 0 Å². The highest BCUT2D eigenvalue weighted by Crippen LogP contribution is 2.25. The first-order valence-electron chi connectivity index (χ1n) is 9.78. The Morgan fingerprint density at radius 2 is 1.53 bits per heavy atom. The molecule has 176 valence electrons. The molecule has 0 saturated heterocycles. The quantitative estimate of drug-likeness (QED) is 0.471. The van der Waals surface area contributed by atoms with Crippen LogP contribution in [0.4, 0.5) is 0 Å². The minimum atomic E-state index is -4.08. The zero-order chi connectivity index (χ0) is 24.1. The Hall–Kier alpha value is -1.98. The Balaban J connectivity index is 2.40. The summed E-state index contributed by atoms with van der Waals surface area (Å²) in [6.45, 7) is 3.51. The molecule has 0 bridgehead atoms. The average molecular weight is 503 g/mol. The Labute approximate surface area is 194 Å². The molecular formula is C21H27ClN2O6S2. The maximum absolute atomic E-state index is 13.4. The topological polar surface area (TPSA) is 124 Å². The van der Waals surface area contributed by atoms with Crippen LogP contribution in [0.25, 0.3) is 0 Å². The monoisotopic (exact) mass is 502 g/mol. The van der Waals surface area contributed by atoms with Crippen LogP contribution in [0.1, 0.15) is 31.4 Å². The number of halogens is 1. The summed E-state index contributed by atoms with van der Waals surface area (Å²) in [7, 11) is -7.66. The van der Waals surface area contributed by atoms with Gasteiger partial charge in [-0.2, -0.15) is 12.7 Å². The van der Waals surface area contributed by atoms with E-state index in [-0.39, 0.29) is 30.4 Å². The van der Waals surface area contributed by atoms with Gasteiger partial charge in [-0.25, -0.2) is 8.42 Å². The van der Waals surface area contributed by atoms with E-state index in [1.165, 1.54) is 24.3 Å². The fourth-order valence-electron chi connectivity index (χ4n) is 3.02. The maximum Gasteiger partial charge on any atom is 0.264 e. The van der Waals surface area contributed by atoms with E-state index in [1.807, 2.05) is 13.8 Å². The molecule has 0 saturated carbocycles. The Morgan fingerprint density at radius 1 is 1.00 bits per heavy atom. The predicted molar refractivity (Wildman–Crippen MR) is 123 cm³/mol. The first-order chi connectivity index (χ1) is 14.8. The number of sulfonamides is 1. The van der Waals surface area contributed by atoms with Crippen molar-refractivity contribution in [3.05, 3.63) is 64.7 Å². The second-order valence-corrected chi connectivity index (χ2v) is 11.8. The van der Waals surface area contributed by atoms with Gasteiger partial charge in [-0.15, -0.1) is 0 Å². The molecule has 1 amide bonds. The third kappa shape index (κ3) is 7.56. The van der Waals surface area contributed by atoms with Crippen LogP contribution in [0.3, 0.4) is 0 Å². The summed E-state index contributed by atoms with van der Waals surface area (Å²) >= 11 is 5.89. The second-order valence-electron chi connectivity index (χ2n) is 7.83. The van der Waals surface area contributed by atoms with Crippen molar-refractivity contribution in [2.24, 2.45) is 11.7 Å². The van der Waals surface area contributed by atoms with E-state index >= 15 is 0 Å². The average Bonchev–Trinajstić information content (AvgIpc) is 2.69. The van der Waals surface area contributed by atoms with Crippen molar-refractivity contribution in [2.45, 2.75) is 44.4 Å². The number of hydrogen-bond donors (Lipinski definition) is 1. The molecule has 0 aliphatic rings. The number of carbonyl (C=O) groups is 1. The molecule has 11 heteroatoms. The molecule has 0 unspecified atom stereocenters. The van der Waals surface area contributed by atoms with Crippen molar-refractivity contribution in [3.63, 3.8) is 0 Å². The van der Waals surface area contributed by atoms with Gasteiger partial charge in [0, 0.05) is 11.6 Å². The van der Waals surface area contributed by atoms with E-state index < -0.39 is 32.1 Å². The number of benzene rings is 2. The van der Waals surface area contributed by atoms with Crippen LogP contribution >= 0.6 is 11.6 Å². The first kappa shape index (κ1) is 26.3. The highest BCUT2D eigenvalue weighted by atomic mass is 35.5. The van der Waals surface area contributed by atoms with E-state index in [9.17, 15) is 21.6 Å². The standard InChI is InChI=1S/C21H27ClN2O6S2/c1-15(2)12-20(21(23)25)24(32(28,29)19-10-8-18(22)9-11-19)13-16-4-6-17(7-5-16)14-30-31(3,26)27/h4-11,15,20H,12-14H2,1-3H3,(H2,23,25)/t20-/m1/s1. The molecule has 0 heterocycles. The number of nitrogens with zero attached hydrogens (tertiary/aromatic N) is 1. The highest BCUT2D eigenvalue weighted by molar-refractivity contribution is 7.89. The highest BCUT2D eigenvalue weighted by Gasteiger charge is 2.35. The Morgan fingerprint density at radius 3 is 2.00 bits per heavy atom. The van der Waals surface area contributed by atoms with Gasteiger partial charge in [0.25, 0.3) is 10.1 Å². The summed E-state index contributed by atoms with van der Waals surface area (Å²) in [4.78, 5) is 12.2. The van der Waals surface area contributed by atoms with E-state index in [4.69, 9.17) is 21.5 Å². The molecule has 0 fully saturated rings. The number of amides is 1. The summed E-state index contributed by atoms with van der Waals surface area (Å²) in [6.07, 6.45) is 1.21. The Bertz CT molecular complexity index is 1130. The van der Waals surface area contributed by atoms with Crippen molar-refractivity contribution in [2.75, 3.05) is 6.26 Å². The van der Waals surface area contributed by atoms with Crippen LogP contribution in [0, 0.1) is 5.92 Å². The van der Waals surface area contributed by atoms with Gasteiger partial charge in [0.05, 0.1) is 17.8 Å². The van der Waals surface area contributed by atoms with Crippen LogP contribution in [0.2, 0.25) is 5.02 Å². The lowest BCUT2D eigenvalue weighted by Gasteiger charge is -2.30. The summed E-state index contributed by atoms with van der Waals surface area (Å²) in [5, 5.41) is 0.385. The zero-order valence-electron chi connectivity index (χ0n) is 18.1. The normalized spacial score (nSPS) is 13.4. The molecule has 1 atom stereocenters. The van der Waals surface area contributed by atoms with E-state index in [2.05, 4.69) is 0 Å². The number of nitrogens with two attached hydrogens (primary N) is 1. The summed E-state index contributed by atoms with van der Waals surface area (Å²) in [5.41, 5.74) is 6.80. The van der Waals surface area contributed by atoms with Gasteiger partial charge in [-0.05, 0) is 47.7 Å². The lowest BCUT2D eigenvalue weighted by atomic mass is 10.0. The maximum atomic E-state index is 13.4. The number of primary amides is 1. The fourth-order valence-corrected chi connectivity index (χ4v) is 5.09. The summed E-state index contributed by atoms with van der Waals surface area (Å²) < 4.78 is 55.1. The van der Waals surface area contributed by atoms with Crippen LogP contribution in [-0.2, 0) is 42.3 Å². The molecule has 2 rings (SSSR count). The van der Waals surface area contributed by atoms with Crippen LogP contribution in [0.5, 0.6) is 0 Å². The number of rotatable bonds is 11. The van der Waals surface area contributed by atoms with Gasteiger partial charge in [-0.1, -0.05) is 49.7 Å². The van der Waals surface area contributed by atoms with Gasteiger partial charge >= 0.3 is 0 Å². The largest absolute Gasteiger partial charge is 0.368 e. The molecule has 0 aromatic heterocycles. The fraction of sp³-hybridized carbons (Fsp3) is 0.381. The number of carbonyl (C=O) groups excluding carboxylic acids is 1. The summed E-state index contributed by atoms with van der Waals surface area (Å²) in [5.74, 6) is -0.722. The molecule has 0 spiro atoms. The van der Waals surface area contributed by atoms with E-state index in [0.717, 1.165) is 10.6 Å². The third-order valence-electron chi connectivity index (χ3n) is 4.59. The SMILES string of the molecule is CC(C)C[C@H](C(N)=O)N(Cc1ccc(COS(C)(=O)=O)cc1)S(=O)(=O)c1ccc(Cl)cc1. The summed E-state index contributed by atoms with van der Waals surface area (Å²) in [6, 6.07) is 11.2. The molecule has 8 nitrogen and oxygen atoms in total. The molecule has 2 aromatic carbocycles.